The first-order valence-corrected chi connectivity index (χ1v) is 15.2. The van der Waals surface area contributed by atoms with E-state index < -0.39 is 47.2 Å². The van der Waals surface area contributed by atoms with Crippen LogP contribution in [0.15, 0.2) is 48.5 Å². The van der Waals surface area contributed by atoms with E-state index >= 15 is 0 Å². The second-order valence-electron chi connectivity index (χ2n) is 12.7. The highest BCUT2D eigenvalue weighted by Crippen LogP contribution is 2.51. The van der Waals surface area contributed by atoms with E-state index in [0.29, 0.717) is 12.8 Å². The van der Waals surface area contributed by atoms with Crippen molar-refractivity contribution in [2.24, 2.45) is 17.3 Å². The first kappa shape index (κ1) is 33.8. The van der Waals surface area contributed by atoms with Gasteiger partial charge in [0.15, 0.2) is 0 Å². The first-order chi connectivity index (χ1) is 20.8. The van der Waals surface area contributed by atoms with E-state index in [1.54, 1.807) is 18.9 Å². The molecule has 4 rings (SSSR count). The molecule has 0 bridgehead atoms. The van der Waals surface area contributed by atoms with Gasteiger partial charge in [0.05, 0.1) is 44.1 Å². The Hall–Kier alpha value is -3.11. The van der Waals surface area contributed by atoms with Crippen molar-refractivity contribution < 1.29 is 41.7 Å². The molecule has 0 unspecified atom stereocenters. The van der Waals surface area contributed by atoms with Crippen LogP contribution in [0.2, 0.25) is 0 Å². The summed E-state index contributed by atoms with van der Waals surface area (Å²) in [7, 11) is 3.03. The number of amides is 1. The number of nitrogens with zero attached hydrogens (tertiary/aromatic N) is 1. The average molecular weight is 620 g/mol. The van der Waals surface area contributed by atoms with E-state index in [2.05, 4.69) is 0 Å². The Morgan fingerprint density at radius 1 is 1.00 bits per heavy atom. The molecule has 44 heavy (non-hydrogen) atoms. The van der Waals surface area contributed by atoms with Crippen LogP contribution in [0.25, 0.3) is 0 Å². The minimum absolute atomic E-state index is 0.0599. The second kappa shape index (κ2) is 13.9. The van der Waals surface area contributed by atoms with Crippen LogP contribution in [-0.2, 0) is 36.6 Å². The van der Waals surface area contributed by atoms with Crippen molar-refractivity contribution in [2.75, 3.05) is 20.8 Å². The van der Waals surface area contributed by atoms with Crippen molar-refractivity contribution in [3.8, 4) is 5.75 Å². The molecule has 10 heteroatoms. The van der Waals surface area contributed by atoms with Crippen molar-refractivity contribution in [3.63, 3.8) is 0 Å². The highest BCUT2D eigenvalue weighted by molar-refractivity contribution is 5.88. The molecule has 1 saturated heterocycles. The molecule has 0 N–H and O–H groups in total. The fourth-order valence-corrected chi connectivity index (χ4v) is 6.85. The lowest BCUT2D eigenvalue weighted by Gasteiger charge is -2.37. The molecule has 2 aliphatic rings. The fourth-order valence-electron chi connectivity index (χ4n) is 6.85. The minimum Gasteiger partial charge on any atom is -0.496 e. The van der Waals surface area contributed by atoms with Gasteiger partial charge in [0.1, 0.15) is 11.8 Å². The number of halogens is 3. The largest absolute Gasteiger partial charge is 0.496 e. The number of carbonyl (C=O) groups excluding carboxylic acids is 2. The summed E-state index contributed by atoms with van der Waals surface area (Å²) >= 11 is 0. The van der Waals surface area contributed by atoms with Crippen molar-refractivity contribution in [2.45, 2.75) is 90.5 Å². The third-order valence-corrected chi connectivity index (χ3v) is 8.88. The molecule has 1 aliphatic heterocycles. The number of alkyl halides is 3. The van der Waals surface area contributed by atoms with E-state index in [1.807, 2.05) is 51.1 Å². The molecule has 1 amide bonds. The van der Waals surface area contributed by atoms with Crippen LogP contribution in [0.3, 0.4) is 0 Å². The first-order valence-electron chi connectivity index (χ1n) is 15.2. The molecule has 2 aromatic carbocycles. The molecular formula is C34H44F3NO6. The number of methoxy groups -OCH3 is 2. The van der Waals surface area contributed by atoms with E-state index in [9.17, 15) is 22.8 Å². The second-order valence-corrected chi connectivity index (χ2v) is 12.7. The number of hydrogen-bond donors (Lipinski definition) is 0. The van der Waals surface area contributed by atoms with Crippen LogP contribution in [0.5, 0.6) is 5.75 Å². The summed E-state index contributed by atoms with van der Waals surface area (Å²) in [5.74, 6) is -1.35. The maximum atomic E-state index is 14.6. The molecule has 2 aromatic rings. The lowest BCUT2D eigenvalue weighted by molar-refractivity contribution is -0.159. The Morgan fingerprint density at radius 3 is 2.30 bits per heavy atom. The summed E-state index contributed by atoms with van der Waals surface area (Å²) in [4.78, 5) is 30.1. The zero-order valence-electron chi connectivity index (χ0n) is 26.4. The SMILES string of the molecule is CCOC(=O)[C@@H]1[C@@H](C(C)(C)C)[C@H](OCc2cc(C(F)(F)F)ccc2OC)[C@H](c2ccccc2)N1C(=O)[C@@H]1CCC[C@@H](OC)C1. The molecule has 2 fully saturated rings. The zero-order chi connectivity index (χ0) is 32.2. The number of benzene rings is 2. The van der Waals surface area contributed by atoms with Crippen LogP contribution in [0.4, 0.5) is 13.2 Å². The van der Waals surface area contributed by atoms with Gasteiger partial charge in [-0.25, -0.2) is 4.79 Å². The molecule has 0 spiro atoms. The third kappa shape index (κ3) is 7.23. The Kier molecular flexibility index (Phi) is 10.7. The normalized spacial score (nSPS) is 26.0. The number of hydrogen-bond acceptors (Lipinski definition) is 6. The van der Waals surface area contributed by atoms with Gasteiger partial charge < -0.3 is 23.8 Å². The van der Waals surface area contributed by atoms with Gasteiger partial charge in [0, 0.05) is 24.5 Å². The number of rotatable bonds is 9. The summed E-state index contributed by atoms with van der Waals surface area (Å²) in [5.41, 5.74) is -0.401. The fraction of sp³-hybridized carbons (Fsp3) is 0.588. The molecule has 6 atom stereocenters. The van der Waals surface area contributed by atoms with Gasteiger partial charge in [-0.3, -0.25) is 4.79 Å². The standard InChI is InChI=1S/C34H44F3NO6/c1-7-43-32(40)29-27(33(2,3)4)30(44-20-23-18-24(34(35,36)37)16-17-26(23)42-6)28(21-12-9-8-10-13-21)38(29)31(39)22-14-11-15-25(19-22)41-5/h8-10,12-13,16-18,22,25,27-30H,7,11,14-15,19-20H2,1-6H3/t22-,25-,27-,28+,29+,30+/m1/s1. The van der Waals surface area contributed by atoms with E-state index in [1.165, 1.54) is 13.2 Å². The van der Waals surface area contributed by atoms with Crippen LogP contribution in [-0.4, -0.2) is 55.9 Å². The molecule has 7 nitrogen and oxygen atoms in total. The van der Waals surface area contributed by atoms with Gasteiger partial charge in [0.2, 0.25) is 5.91 Å². The van der Waals surface area contributed by atoms with Crippen molar-refractivity contribution >= 4 is 11.9 Å². The van der Waals surface area contributed by atoms with Crippen molar-refractivity contribution in [3.05, 3.63) is 65.2 Å². The lowest BCUT2D eigenvalue weighted by Crippen LogP contribution is -2.50. The number of ether oxygens (including phenoxy) is 4. The summed E-state index contributed by atoms with van der Waals surface area (Å²) in [6.07, 6.45) is -2.48. The summed E-state index contributed by atoms with van der Waals surface area (Å²) in [6.45, 7) is 7.55. The van der Waals surface area contributed by atoms with Crippen LogP contribution in [0.1, 0.15) is 76.1 Å². The smallest absolute Gasteiger partial charge is 0.416 e. The quantitative estimate of drug-likeness (QED) is 0.282. The number of esters is 1. The average Bonchev–Trinajstić information content (AvgIpc) is 3.35. The third-order valence-electron chi connectivity index (χ3n) is 8.88. The predicted octanol–water partition coefficient (Wildman–Crippen LogP) is 6.98. The lowest BCUT2D eigenvalue weighted by atomic mass is 9.73. The van der Waals surface area contributed by atoms with Gasteiger partial charge >= 0.3 is 12.1 Å². The van der Waals surface area contributed by atoms with Crippen molar-refractivity contribution in [1.82, 2.24) is 4.90 Å². The zero-order valence-corrected chi connectivity index (χ0v) is 26.4. The highest BCUT2D eigenvalue weighted by Gasteiger charge is 2.59. The van der Waals surface area contributed by atoms with Crippen LogP contribution < -0.4 is 4.74 Å². The van der Waals surface area contributed by atoms with Gasteiger partial charge in [-0.05, 0) is 55.4 Å². The Balaban J connectivity index is 1.84. The summed E-state index contributed by atoms with van der Waals surface area (Å²) in [5, 5.41) is 0. The number of carbonyl (C=O) groups is 2. The van der Waals surface area contributed by atoms with Crippen LogP contribution >= 0.6 is 0 Å². The molecule has 1 saturated carbocycles. The summed E-state index contributed by atoms with van der Waals surface area (Å²) in [6, 6.07) is 11.0. The Labute approximate surface area is 258 Å². The summed E-state index contributed by atoms with van der Waals surface area (Å²) < 4.78 is 64.1. The maximum absolute atomic E-state index is 14.6. The van der Waals surface area contributed by atoms with Gasteiger partial charge in [-0.1, -0.05) is 57.5 Å². The molecule has 0 radical (unpaired) electrons. The van der Waals surface area contributed by atoms with E-state index in [-0.39, 0.29) is 42.5 Å². The molecule has 0 aromatic heterocycles. The molecule has 1 aliphatic carbocycles. The topological polar surface area (TPSA) is 74.3 Å². The van der Waals surface area contributed by atoms with E-state index in [0.717, 1.165) is 30.5 Å². The molecule has 242 valence electrons. The number of likely N-dealkylation sites (tertiary alicyclic amines) is 1. The Bertz CT molecular complexity index is 1280. The molecule has 1 heterocycles. The maximum Gasteiger partial charge on any atom is 0.416 e. The molecular weight excluding hydrogens is 575 g/mol. The van der Waals surface area contributed by atoms with Crippen LogP contribution in [0, 0.1) is 17.3 Å². The Morgan fingerprint density at radius 2 is 1.70 bits per heavy atom. The van der Waals surface area contributed by atoms with Crippen molar-refractivity contribution in [1.29, 1.82) is 0 Å². The predicted molar refractivity (Wildman–Crippen MR) is 159 cm³/mol. The van der Waals surface area contributed by atoms with Gasteiger partial charge in [-0.2, -0.15) is 13.2 Å². The van der Waals surface area contributed by atoms with Gasteiger partial charge in [0.25, 0.3) is 0 Å². The van der Waals surface area contributed by atoms with Gasteiger partial charge in [-0.15, -0.1) is 0 Å². The highest BCUT2D eigenvalue weighted by atomic mass is 19.4. The minimum atomic E-state index is -4.55. The monoisotopic (exact) mass is 619 g/mol. The van der Waals surface area contributed by atoms with E-state index in [4.69, 9.17) is 18.9 Å².